The molecule has 0 radical (unpaired) electrons. The van der Waals surface area contributed by atoms with Gasteiger partial charge in [-0.15, -0.1) is 0 Å². The lowest BCUT2D eigenvalue weighted by Gasteiger charge is -2.15. The molecule has 4 rings (SSSR count). The van der Waals surface area contributed by atoms with E-state index in [2.05, 4.69) is 21.2 Å². The van der Waals surface area contributed by atoms with Gasteiger partial charge in [0.15, 0.2) is 11.3 Å². The van der Waals surface area contributed by atoms with E-state index in [1.54, 1.807) is 0 Å². The highest BCUT2D eigenvalue weighted by atomic mass is 19.4. The maximum Gasteiger partial charge on any atom is 0.416 e. The van der Waals surface area contributed by atoms with E-state index in [0.717, 1.165) is 28.8 Å². The van der Waals surface area contributed by atoms with Crippen molar-refractivity contribution in [2.45, 2.75) is 25.6 Å². The van der Waals surface area contributed by atoms with Crippen LogP contribution in [0.3, 0.4) is 0 Å². The number of amides is 3. The largest absolute Gasteiger partial charge is 0.424 e. The highest BCUT2D eigenvalue weighted by Crippen LogP contribution is 2.31. The Hall–Kier alpha value is -4.67. The van der Waals surface area contributed by atoms with Crippen molar-refractivity contribution in [2.75, 3.05) is 11.9 Å². The molecule has 11 heteroatoms. The van der Waals surface area contributed by atoms with Gasteiger partial charge in [-0.3, -0.25) is 9.59 Å². The number of alkyl halides is 3. The topological polar surface area (TPSA) is 102 Å². The van der Waals surface area contributed by atoms with Crippen LogP contribution in [-0.4, -0.2) is 23.8 Å². The Morgan fingerprint density at radius 1 is 1.00 bits per heavy atom. The second kappa shape index (κ2) is 11.6. The van der Waals surface area contributed by atoms with Crippen molar-refractivity contribution in [3.63, 3.8) is 0 Å². The van der Waals surface area contributed by atoms with Crippen molar-refractivity contribution in [1.82, 2.24) is 10.6 Å². The van der Waals surface area contributed by atoms with Crippen LogP contribution in [0, 0.1) is 0 Å². The van der Waals surface area contributed by atoms with Gasteiger partial charge < -0.3 is 20.5 Å². The number of carbonyl (C=O) groups is 2. The number of hydrogen-bond donors (Lipinski definition) is 2. The summed E-state index contributed by atoms with van der Waals surface area (Å²) in [6.45, 7) is 1.64. The molecule has 0 aliphatic rings. The molecule has 196 valence electrons. The van der Waals surface area contributed by atoms with Crippen molar-refractivity contribution in [3.05, 3.63) is 102 Å². The Balaban J connectivity index is 1.43. The predicted molar refractivity (Wildman–Crippen MR) is 133 cm³/mol. The van der Waals surface area contributed by atoms with Crippen molar-refractivity contribution >= 4 is 23.5 Å². The molecule has 0 saturated carbocycles. The zero-order valence-electron chi connectivity index (χ0n) is 20.3. The molecule has 0 aliphatic heterocycles. The molecule has 2 N–H and O–H groups in total. The molecule has 3 amide bonds. The van der Waals surface area contributed by atoms with Crippen LogP contribution >= 0.6 is 0 Å². The zero-order chi connectivity index (χ0) is 27.1. The number of nitrogens with zero attached hydrogens (tertiary/aromatic N) is 3. The summed E-state index contributed by atoms with van der Waals surface area (Å²) in [7, 11) is 0. The Morgan fingerprint density at radius 2 is 1.71 bits per heavy atom. The first-order chi connectivity index (χ1) is 18.2. The van der Waals surface area contributed by atoms with Crippen LogP contribution in [0.25, 0.3) is 16.4 Å². The summed E-state index contributed by atoms with van der Waals surface area (Å²) in [6.07, 6.45) is -2.67. The van der Waals surface area contributed by atoms with Crippen molar-refractivity contribution in [1.29, 1.82) is 0 Å². The number of rotatable bonds is 8. The van der Waals surface area contributed by atoms with Crippen LogP contribution in [0.15, 0.2) is 89.6 Å². The number of urea groups is 1. The summed E-state index contributed by atoms with van der Waals surface area (Å²) in [4.78, 5) is 23.8. The number of nitrogens with one attached hydrogen (secondary N) is 2. The van der Waals surface area contributed by atoms with Crippen molar-refractivity contribution in [2.24, 2.45) is 0 Å². The Morgan fingerprint density at radius 3 is 2.39 bits per heavy atom. The van der Waals surface area contributed by atoms with Gasteiger partial charge in [0, 0.05) is 13.3 Å². The van der Waals surface area contributed by atoms with Gasteiger partial charge in [0.2, 0.25) is 24.0 Å². The Bertz CT molecular complexity index is 1390. The summed E-state index contributed by atoms with van der Waals surface area (Å²) in [6, 6.07) is 20.8. The monoisotopic (exact) mass is 523 g/mol. The third-order valence-corrected chi connectivity index (χ3v) is 5.62. The SMILES string of the molecule is CC(=O)NC[C@H](Cc1ccc(-c2ccccc2)cc1)[n+]1cc([N-]C(=O)Nc2cccc(C(F)(F)F)c2)on1. The quantitative estimate of drug-likeness (QED) is 0.285. The number of anilines is 1. The molecule has 38 heavy (non-hydrogen) atoms. The van der Waals surface area contributed by atoms with E-state index in [-0.39, 0.29) is 30.1 Å². The Labute approximate surface area is 216 Å². The fourth-order valence-electron chi connectivity index (χ4n) is 3.75. The average molecular weight is 524 g/mol. The van der Waals surface area contributed by atoms with E-state index in [0.29, 0.717) is 6.42 Å². The summed E-state index contributed by atoms with van der Waals surface area (Å²) >= 11 is 0. The fraction of sp³-hybridized carbons (Fsp3) is 0.185. The van der Waals surface area contributed by atoms with E-state index in [1.807, 2.05) is 54.6 Å². The molecule has 1 atom stereocenters. The lowest BCUT2D eigenvalue weighted by Crippen LogP contribution is -2.47. The third-order valence-electron chi connectivity index (χ3n) is 5.62. The van der Waals surface area contributed by atoms with Crippen LogP contribution < -0.4 is 15.3 Å². The lowest BCUT2D eigenvalue weighted by atomic mass is 10.0. The van der Waals surface area contributed by atoms with Gasteiger partial charge in [0.25, 0.3) is 0 Å². The minimum Gasteiger partial charge on any atom is -0.424 e. The molecule has 4 aromatic rings. The zero-order valence-corrected chi connectivity index (χ0v) is 20.3. The maximum absolute atomic E-state index is 12.9. The third kappa shape index (κ3) is 7.19. The number of hydrogen-bond acceptors (Lipinski definition) is 4. The summed E-state index contributed by atoms with van der Waals surface area (Å²) < 4.78 is 45.3. The highest BCUT2D eigenvalue weighted by molar-refractivity contribution is 6.03. The van der Waals surface area contributed by atoms with Gasteiger partial charge in [-0.05, 0) is 33.1 Å². The predicted octanol–water partition coefficient (Wildman–Crippen LogP) is 5.81. The number of halogens is 3. The highest BCUT2D eigenvalue weighted by Gasteiger charge is 2.30. The molecule has 0 unspecified atom stereocenters. The summed E-state index contributed by atoms with van der Waals surface area (Å²) in [5.41, 5.74) is 2.18. The molecule has 3 aromatic carbocycles. The maximum atomic E-state index is 12.9. The van der Waals surface area contributed by atoms with E-state index < -0.39 is 17.8 Å². The van der Waals surface area contributed by atoms with Crippen LogP contribution in [0.4, 0.5) is 29.5 Å². The number of benzene rings is 3. The molecular weight excluding hydrogens is 499 g/mol. The first-order valence-corrected chi connectivity index (χ1v) is 11.6. The number of aromatic nitrogens is 2. The second-order valence-corrected chi connectivity index (χ2v) is 8.50. The van der Waals surface area contributed by atoms with Crippen molar-refractivity contribution < 1.29 is 32.0 Å². The van der Waals surface area contributed by atoms with Gasteiger partial charge in [0.05, 0.1) is 12.1 Å². The van der Waals surface area contributed by atoms with E-state index in [4.69, 9.17) is 4.52 Å². The van der Waals surface area contributed by atoms with Crippen molar-refractivity contribution in [3.8, 4) is 11.1 Å². The standard InChI is InChI=1S/C27H24F3N5O3/c1-18(36)31-16-24(14-19-10-12-21(13-11-19)20-6-3-2-4-7-20)35-17-25(38-34-35)33-26(37)32-23-9-5-8-22(15-23)27(28,29)30/h2-13,15,17,24H,14,16H2,1H3,(H2-,31,32,33,34,36,37)/t24-/m0/s1. The normalized spacial score (nSPS) is 12.0. The van der Waals surface area contributed by atoms with Gasteiger partial charge in [-0.25, -0.2) is 0 Å². The first-order valence-electron chi connectivity index (χ1n) is 11.6. The summed E-state index contributed by atoms with van der Waals surface area (Å²) in [5.74, 6) is -0.370. The molecule has 0 aliphatic carbocycles. The van der Waals surface area contributed by atoms with E-state index >= 15 is 0 Å². The van der Waals surface area contributed by atoms with Gasteiger partial charge in [-0.1, -0.05) is 72.8 Å². The van der Waals surface area contributed by atoms with Crippen LogP contribution in [-0.2, 0) is 17.4 Å². The van der Waals surface area contributed by atoms with Crippen LogP contribution in [0.5, 0.6) is 0 Å². The molecule has 8 nitrogen and oxygen atoms in total. The second-order valence-electron chi connectivity index (χ2n) is 8.50. The molecular formula is C27H24F3N5O3. The average Bonchev–Trinajstić information content (AvgIpc) is 3.35. The molecule has 0 bridgehead atoms. The fourth-order valence-corrected chi connectivity index (χ4v) is 3.75. The smallest absolute Gasteiger partial charge is 0.416 e. The Kier molecular flexibility index (Phi) is 8.05. The molecule has 0 saturated heterocycles. The van der Waals surface area contributed by atoms with Gasteiger partial charge in [0.1, 0.15) is 0 Å². The molecule has 0 spiro atoms. The summed E-state index contributed by atoms with van der Waals surface area (Å²) in [5, 5.41) is 12.7. The molecule has 0 fully saturated rings. The number of carbonyl (C=O) groups excluding carboxylic acids is 2. The van der Waals surface area contributed by atoms with E-state index in [1.165, 1.54) is 29.9 Å². The minimum absolute atomic E-state index is 0.0662. The van der Waals surface area contributed by atoms with Crippen LogP contribution in [0.1, 0.15) is 24.1 Å². The molecule has 1 heterocycles. The van der Waals surface area contributed by atoms with E-state index in [9.17, 15) is 22.8 Å². The van der Waals surface area contributed by atoms with Gasteiger partial charge >= 0.3 is 6.18 Å². The minimum atomic E-state index is -4.54. The van der Waals surface area contributed by atoms with Gasteiger partial charge in [-0.2, -0.15) is 13.2 Å². The van der Waals surface area contributed by atoms with Crippen LogP contribution in [0.2, 0.25) is 0 Å². The first kappa shape index (κ1) is 26.4. The molecule has 1 aromatic heterocycles. The lowest BCUT2D eigenvalue weighted by molar-refractivity contribution is -0.783.